The van der Waals surface area contributed by atoms with E-state index in [1.54, 1.807) is 6.08 Å². The van der Waals surface area contributed by atoms with Crippen LogP contribution in [0.4, 0.5) is 0 Å². The minimum atomic E-state index is -0.842. The van der Waals surface area contributed by atoms with E-state index in [-0.39, 0.29) is 18.5 Å². The smallest absolute Gasteiger partial charge is 0.305 e. The standard InChI is InChI=1S/C73H135NO5/c1-3-5-7-9-11-13-15-16-43-47-51-55-59-63-67-73(78)79-68-64-60-56-52-48-44-41-39-37-35-33-31-29-27-25-23-21-19-17-18-20-22-24-26-28-30-32-34-36-38-40-42-46-50-54-58-62-66-72(77)74-70(69-75)71(76)65-61-57-53-49-45-14-12-10-8-6-4-2/h9,11,15-17,19,23,25,61,65,70-71,75-76H,3-8,10,12-14,18,20-22,24,26-60,62-64,66-69H2,1-2H3,(H,74,77)/b11-9-,16-15-,19-17-,25-23-,65-61+. The molecule has 462 valence electrons. The molecule has 0 saturated heterocycles. The number of aliphatic hydroxyl groups is 2. The monoisotopic (exact) mass is 1110 g/mol. The third-order valence-electron chi connectivity index (χ3n) is 16.0. The van der Waals surface area contributed by atoms with Gasteiger partial charge in [0.25, 0.3) is 0 Å². The van der Waals surface area contributed by atoms with Gasteiger partial charge in [-0.2, -0.15) is 0 Å². The molecule has 0 radical (unpaired) electrons. The number of ether oxygens (including phenoxy) is 1. The summed E-state index contributed by atoms with van der Waals surface area (Å²) in [6.07, 6.45) is 90.3. The van der Waals surface area contributed by atoms with Crippen LogP contribution in [0.25, 0.3) is 0 Å². The van der Waals surface area contributed by atoms with Crippen molar-refractivity contribution in [3.63, 3.8) is 0 Å². The van der Waals surface area contributed by atoms with Crippen molar-refractivity contribution in [1.82, 2.24) is 5.32 Å². The van der Waals surface area contributed by atoms with Crippen molar-refractivity contribution in [2.45, 2.75) is 379 Å². The van der Waals surface area contributed by atoms with E-state index in [0.717, 1.165) is 57.8 Å². The molecule has 0 heterocycles. The van der Waals surface area contributed by atoms with E-state index in [1.165, 1.54) is 283 Å². The summed E-state index contributed by atoms with van der Waals surface area (Å²) in [5, 5.41) is 23.1. The van der Waals surface area contributed by atoms with Crippen LogP contribution in [-0.2, 0) is 14.3 Å². The summed E-state index contributed by atoms with van der Waals surface area (Å²) in [7, 11) is 0. The van der Waals surface area contributed by atoms with E-state index in [9.17, 15) is 19.8 Å². The van der Waals surface area contributed by atoms with E-state index in [4.69, 9.17) is 4.74 Å². The van der Waals surface area contributed by atoms with Crippen LogP contribution in [0.15, 0.2) is 60.8 Å². The fourth-order valence-corrected chi connectivity index (χ4v) is 10.6. The average Bonchev–Trinajstić information content (AvgIpc) is 3.45. The molecule has 0 aromatic rings. The Morgan fingerprint density at radius 3 is 1.00 bits per heavy atom. The summed E-state index contributed by atoms with van der Waals surface area (Å²) >= 11 is 0. The van der Waals surface area contributed by atoms with E-state index in [1.807, 2.05) is 6.08 Å². The van der Waals surface area contributed by atoms with Crippen LogP contribution in [0.2, 0.25) is 0 Å². The molecule has 0 spiro atoms. The molecule has 6 nitrogen and oxygen atoms in total. The van der Waals surface area contributed by atoms with Gasteiger partial charge in [0.05, 0.1) is 25.4 Å². The second-order valence-corrected chi connectivity index (χ2v) is 23.9. The maximum Gasteiger partial charge on any atom is 0.305 e. The molecule has 0 aliphatic rings. The molecule has 0 fully saturated rings. The number of allylic oxidation sites excluding steroid dienone is 9. The highest BCUT2D eigenvalue weighted by Crippen LogP contribution is 2.18. The Balaban J connectivity index is 3.36. The van der Waals surface area contributed by atoms with Crippen LogP contribution in [0.3, 0.4) is 0 Å². The molecule has 2 atom stereocenters. The van der Waals surface area contributed by atoms with Gasteiger partial charge in [-0.1, -0.05) is 325 Å². The maximum absolute atomic E-state index is 12.4. The molecular formula is C73H135NO5. The summed E-state index contributed by atoms with van der Waals surface area (Å²) in [5.41, 5.74) is 0. The molecule has 0 rings (SSSR count). The number of hydrogen-bond donors (Lipinski definition) is 3. The second-order valence-electron chi connectivity index (χ2n) is 23.9. The normalized spacial score (nSPS) is 12.9. The van der Waals surface area contributed by atoms with Gasteiger partial charge < -0.3 is 20.3 Å². The lowest BCUT2D eigenvalue weighted by atomic mass is 10.0. The van der Waals surface area contributed by atoms with Crippen LogP contribution < -0.4 is 5.32 Å². The molecule has 0 saturated carbocycles. The Hall–Kier alpha value is -2.44. The highest BCUT2D eigenvalue weighted by Gasteiger charge is 2.18. The lowest BCUT2D eigenvalue weighted by molar-refractivity contribution is -0.143. The molecule has 0 bridgehead atoms. The van der Waals surface area contributed by atoms with Crippen molar-refractivity contribution in [3.8, 4) is 0 Å². The third-order valence-corrected chi connectivity index (χ3v) is 16.0. The fourth-order valence-electron chi connectivity index (χ4n) is 10.6. The predicted octanol–water partition coefficient (Wildman–Crippen LogP) is 22.6. The largest absolute Gasteiger partial charge is 0.466 e. The number of hydrogen-bond acceptors (Lipinski definition) is 5. The van der Waals surface area contributed by atoms with E-state index >= 15 is 0 Å². The van der Waals surface area contributed by atoms with Crippen molar-refractivity contribution >= 4 is 11.9 Å². The van der Waals surface area contributed by atoms with Crippen LogP contribution in [0.5, 0.6) is 0 Å². The highest BCUT2D eigenvalue weighted by atomic mass is 16.5. The maximum atomic E-state index is 12.4. The summed E-state index contributed by atoms with van der Waals surface area (Å²) in [4.78, 5) is 24.5. The van der Waals surface area contributed by atoms with Crippen LogP contribution in [-0.4, -0.2) is 47.4 Å². The zero-order valence-corrected chi connectivity index (χ0v) is 52.9. The van der Waals surface area contributed by atoms with Gasteiger partial charge in [0, 0.05) is 12.8 Å². The first-order valence-electron chi connectivity index (χ1n) is 35.1. The number of carbonyl (C=O) groups excluding carboxylic acids is 2. The van der Waals surface area contributed by atoms with Gasteiger partial charge in [0.1, 0.15) is 0 Å². The topological polar surface area (TPSA) is 95.9 Å². The van der Waals surface area contributed by atoms with E-state index in [0.29, 0.717) is 19.4 Å². The Bertz CT molecular complexity index is 1370. The Morgan fingerprint density at radius 1 is 0.354 bits per heavy atom. The lowest BCUT2D eigenvalue weighted by Crippen LogP contribution is -2.45. The molecule has 0 aliphatic heterocycles. The van der Waals surface area contributed by atoms with Crippen LogP contribution in [0.1, 0.15) is 367 Å². The summed E-state index contributed by atoms with van der Waals surface area (Å²) in [6.45, 7) is 4.86. The zero-order valence-electron chi connectivity index (χ0n) is 52.9. The molecule has 1 amide bonds. The predicted molar refractivity (Wildman–Crippen MR) is 347 cm³/mol. The molecule has 79 heavy (non-hydrogen) atoms. The van der Waals surface area contributed by atoms with Crippen LogP contribution in [0, 0.1) is 0 Å². The van der Waals surface area contributed by atoms with Gasteiger partial charge in [-0.3, -0.25) is 9.59 Å². The molecule has 2 unspecified atom stereocenters. The minimum absolute atomic E-state index is 0.00354. The summed E-state index contributed by atoms with van der Waals surface area (Å²) in [6, 6.07) is -0.625. The molecule has 3 N–H and O–H groups in total. The first-order chi connectivity index (χ1) is 39.0. The Kier molecular flexibility index (Phi) is 66.0. The van der Waals surface area contributed by atoms with Gasteiger partial charge in [-0.25, -0.2) is 0 Å². The number of esters is 1. The Labute approximate surface area is 492 Å². The first kappa shape index (κ1) is 76.6. The number of carbonyl (C=O) groups is 2. The van der Waals surface area contributed by atoms with Crippen molar-refractivity contribution in [2.75, 3.05) is 13.2 Å². The second kappa shape index (κ2) is 68.1. The van der Waals surface area contributed by atoms with Gasteiger partial charge in [0.15, 0.2) is 0 Å². The number of nitrogens with one attached hydrogen (secondary N) is 1. The van der Waals surface area contributed by atoms with Crippen molar-refractivity contribution in [2.24, 2.45) is 0 Å². The zero-order chi connectivity index (χ0) is 57.1. The minimum Gasteiger partial charge on any atom is -0.466 e. The van der Waals surface area contributed by atoms with E-state index in [2.05, 4.69) is 67.8 Å². The average molecular weight is 1110 g/mol. The van der Waals surface area contributed by atoms with Gasteiger partial charge >= 0.3 is 5.97 Å². The Morgan fingerprint density at radius 2 is 0.646 bits per heavy atom. The first-order valence-corrected chi connectivity index (χ1v) is 35.1. The van der Waals surface area contributed by atoms with Gasteiger partial charge in [-0.15, -0.1) is 0 Å². The van der Waals surface area contributed by atoms with Crippen molar-refractivity contribution < 1.29 is 24.5 Å². The van der Waals surface area contributed by atoms with Gasteiger partial charge in [0.2, 0.25) is 5.91 Å². The van der Waals surface area contributed by atoms with Crippen molar-refractivity contribution in [1.29, 1.82) is 0 Å². The summed E-state index contributed by atoms with van der Waals surface area (Å²) < 4.78 is 5.48. The van der Waals surface area contributed by atoms with E-state index < -0.39 is 12.1 Å². The summed E-state index contributed by atoms with van der Waals surface area (Å²) in [5.74, 6) is -0.0624. The molecular weight excluding hydrogens is 971 g/mol. The van der Waals surface area contributed by atoms with Crippen LogP contribution >= 0.6 is 0 Å². The molecule has 6 heteroatoms. The number of aliphatic hydroxyl groups excluding tert-OH is 2. The molecule has 0 aromatic carbocycles. The number of unbranched alkanes of at least 4 members (excludes halogenated alkanes) is 46. The number of amides is 1. The SMILES string of the molecule is CCCC/C=C\C/C=C\CCCCCCCC(=O)OCCCCCCCCCCCCCCC/C=C\C/C=C\CCCCCCCCCCCCCCCCCCCC(=O)NC(CO)C(O)/C=C/CCCCCCCCCCC. The molecule has 0 aliphatic carbocycles. The highest BCUT2D eigenvalue weighted by molar-refractivity contribution is 5.76. The van der Waals surface area contributed by atoms with Crippen molar-refractivity contribution in [3.05, 3.63) is 60.8 Å². The third kappa shape index (κ3) is 64.6. The quantitative estimate of drug-likeness (QED) is 0.0320. The molecule has 0 aromatic heterocycles. The number of rotatable bonds is 65. The fraction of sp³-hybridized carbons (Fsp3) is 0.836. The lowest BCUT2D eigenvalue weighted by Gasteiger charge is -2.20. The van der Waals surface area contributed by atoms with Gasteiger partial charge in [-0.05, 0) is 89.9 Å².